The van der Waals surface area contributed by atoms with E-state index in [4.69, 9.17) is 4.74 Å². The number of ether oxygens (including phenoxy) is 1. The Labute approximate surface area is 121 Å². The number of carboxylic acid groups (broad SMARTS) is 1. The molecular weight excluding hydrogens is 272 g/mol. The van der Waals surface area contributed by atoms with Crippen LogP contribution in [0.3, 0.4) is 0 Å². The third-order valence-electron chi connectivity index (χ3n) is 4.02. The highest BCUT2D eigenvalue weighted by Crippen LogP contribution is 2.35. The van der Waals surface area contributed by atoms with Crippen LogP contribution in [-0.4, -0.2) is 33.5 Å². The molecule has 0 spiro atoms. The number of methoxy groups -OCH3 is 1. The maximum atomic E-state index is 11.9. The van der Waals surface area contributed by atoms with Crippen molar-refractivity contribution in [3.63, 3.8) is 0 Å². The molecule has 1 aliphatic rings. The van der Waals surface area contributed by atoms with Crippen LogP contribution in [0.1, 0.15) is 58.3 Å². The van der Waals surface area contributed by atoms with Gasteiger partial charge in [-0.3, -0.25) is 0 Å². The van der Waals surface area contributed by atoms with E-state index in [1.165, 1.54) is 7.11 Å². The molecule has 1 aliphatic carbocycles. The summed E-state index contributed by atoms with van der Waals surface area (Å²) in [6, 6.07) is 3.28. The van der Waals surface area contributed by atoms with Crippen LogP contribution >= 0.6 is 0 Å². The maximum absolute atomic E-state index is 11.9. The molecule has 0 aliphatic heterocycles. The van der Waals surface area contributed by atoms with Crippen molar-refractivity contribution in [3.05, 3.63) is 35.4 Å². The minimum absolute atomic E-state index is 0.0853. The highest BCUT2D eigenvalue weighted by atomic mass is 16.5. The summed E-state index contributed by atoms with van der Waals surface area (Å²) in [6.45, 7) is 0. The Morgan fingerprint density at radius 1 is 1.38 bits per heavy atom. The second-order valence-electron chi connectivity index (χ2n) is 5.24. The Bertz CT molecular complexity index is 714. The van der Waals surface area contributed by atoms with E-state index >= 15 is 0 Å². The molecule has 2 heterocycles. The van der Waals surface area contributed by atoms with Gasteiger partial charge >= 0.3 is 11.9 Å². The van der Waals surface area contributed by atoms with Crippen LogP contribution < -0.4 is 0 Å². The van der Waals surface area contributed by atoms with Gasteiger partial charge in [0.15, 0.2) is 5.69 Å². The van der Waals surface area contributed by atoms with Gasteiger partial charge in [0.25, 0.3) is 0 Å². The molecule has 0 radical (unpaired) electrons. The molecule has 0 bridgehead atoms. The average molecular weight is 288 g/mol. The fourth-order valence-electron chi connectivity index (χ4n) is 3.06. The fourth-order valence-corrected chi connectivity index (χ4v) is 3.06. The molecule has 0 saturated heterocycles. The highest BCUT2D eigenvalue weighted by Gasteiger charge is 2.28. The number of carbonyl (C=O) groups is 2. The largest absolute Gasteiger partial charge is 0.476 e. The Morgan fingerprint density at radius 2 is 2.10 bits per heavy atom. The normalized spacial score (nSPS) is 15.5. The van der Waals surface area contributed by atoms with Crippen LogP contribution in [0.25, 0.3) is 5.52 Å². The molecule has 0 unspecified atom stereocenters. The molecule has 6 nitrogen and oxygen atoms in total. The minimum Gasteiger partial charge on any atom is -0.476 e. The van der Waals surface area contributed by atoms with Gasteiger partial charge in [0, 0.05) is 12.1 Å². The number of rotatable bonds is 3. The van der Waals surface area contributed by atoms with Crippen molar-refractivity contribution in [1.29, 1.82) is 0 Å². The van der Waals surface area contributed by atoms with Gasteiger partial charge in [-0.25, -0.2) is 14.6 Å². The molecule has 0 atom stereocenters. The number of hydrogen-bond acceptors (Lipinski definition) is 4. The van der Waals surface area contributed by atoms with Crippen molar-refractivity contribution in [2.75, 3.05) is 7.11 Å². The molecule has 3 rings (SSSR count). The van der Waals surface area contributed by atoms with Gasteiger partial charge in [0.1, 0.15) is 5.82 Å². The Balaban J connectivity index is 2.27. The molecule has 2 aromatic rings. The molecule has 1 saturated carbocycles. The second kappa shape index (κ2) is 5.20. The number of nitrogens with zero attached hydrogens (tertiary/aromatic N) is 2. The van der Waals surface area contributed by atoms with Gasteiger partial charge in [0.2, 0.25) is 0 Å². The van der Waals surface area contributed by atoms with Gasteiger partial charge in [-0.15, -0.1) is 0 Å². The Kier molecular flexibility index (Phi) is 3.37. The van der Waals surface area contributed by atoms with Gasteiger partial charge in [-0.2, -0.15) is 0 Å². The van der Waals surface area contributed by atoms with E-state index in [9.17, 15) is 14.7 Å². The predicted octanol–water partition coefficient (Wildman–Crippen LogP) is 2.48. The number of carbonyl (C=O) groups excluding carboxylic acids is 1. The van der Waals surface area contributed by atoms with Crippen LogP contribution in [0.2, 0.25) is 0 Å². The summed E-state index contributed by atoms with van der Waals surface area (Å²) in [5.41, 5.74) is 0.464. The third kappa shape index (κ3) is 2.16. The number of hydrogen-bond donors (Lipinski definition) is 1. The van der Waals surface area contributed by atoms with Gasteiger partial charge in [0.05, 0.1) is 18.2 Å². The first-order chi connectivity index (χ1) is 10.1. The van der Waals surface area contributed by atoms with Gasteiger partial charge in [-0.1, -0.05) is 12.8 Å². The Hall–Kier alpha value is -2.37. The highest BCUT2D eigenvalue weighted by molar-refractivity contribution is 6.04. The van der Waals surface area contributed by atoms with E-state index < -0.39 is 11.9 Å². The van der Waals surface area contributed by atoms with Crippen molar-refractivity contribution < 1.29 is 19.4 Å². The van der Waals surface area contributed by atoms with Crippen molar-refractivity contribution in [2.24, 2.45) is 0 Å². The maximum Gasteiger partial charge on any atom is 0.356 e. The molecule has 0 amide bonds. The average Bonchev–Trinajstić information content (AvgIpc) is 3.12. The summed E-state index contributed by atoms with van der Waals surface area (Å²) in [6.07, 6.45) is 6.01. The van der Waals surface area contributed by atoms with Crippen molar-refractivity contribution >= 4 is 17.5 Å². The first-order valence-corrected chi connectivity index (χ1v) is 6.96. The first-order valence-electron chi connectivity index (χ1n) is 6.96. The minimum atomic E-state index is -1.13. The lowest BCUT2D eigenvalue weighted by molar-refractivity contribution is 0.0602. The van der Waals surface area contributed by atoms with E-state index in [0.29, 0.717) is 5.52 Å². The van der Waals surface area contributed by atoms with E-state index in [1.54, 1.807) is 22.7 Å². The van der Waals surface area contributed by atoms with Gasteiger partial charge in [-0.05, 0) is 25.0 Å². The summed E-state index contributed by atoms with van der Waals surface area (Å²) in [4.78, 5) is 27.7. The number of fused-ring (bicyclic) bond motifs is 1. The topological polar surface area (TPSA) is 80.9 Å². The number of imidazole rings is 1. The molecule has 21 heavy (non-hydrogen) atoms. The Morgan fingerprint density at radius 3 is 2.71 bits per heavy atom. The van der Waals surface area contributed by atoms with E-state index in [-0.39, 0.29) is 17.2 Å². The first kappa shape index (κ1) is 13.6. The second-order valence-corrected chi connectivity index (χ2v) is 5.24. The third-order valence-corrected chi connectivity index (χ3v) is 4.02. The molecule has 110 valence electrons. The van der Waals surface area contributed by atoms with Crippen molar-refractivity contribution in [3.8, 4) is 0 Å². The monoisotopic (exact) mass is 288 g/mol. The van der Waals surface area contributed by atoms with Crippen LogP contribution in [0.4, 0.5) is 0 Å². The zero-order chi connectivity index (χ0) is 15.0. The fraction of sp³-hybridized carbons (Fsp3) is 0.400. The zero-order valence-corrected chi connectivity index (χ0v) is 11.7. The van der Waals surface area contributed by atoms with Gasteiger partial charge < -0.3 is 14.2 Å². The lowest BCUT2D eigenvalue weighted by Crippen LogP contribution is -2.07. The lowest BCUT2D eigenvalue weighted by atomic mass is 10.1. The van der Waals surface area contributed by atoms with E-state index in [0.717, 1.165) is 31.5 Å². The molecule has 2 aromatic heterocycles. The quantitative estimate of drug-likeness (QED) is 0.877. The summed E-state index contributed by atoms with van der Waals surface area (Å²) in [5.74, 6) is -0.710. The number of pyridine rings is 1. The SMILES string of the molecule is COC(=O)c1cccn2c(C3CCCC3)nc(C(=O)O)c12. The molecular formula is C15H16N2O4. The van der Waals surface area contributed by atoms with Crippen molar-refractivity contribution in [1.82, 2.24) is 9.38 Å². The summed E-state index contributed by atoms with van der Waals surface area (Å²) in [5, 5.41) is 9.39. The van der Waals surface area contributed by atoms with Crippen LogP contribution in [0.5, 0.6) is 0 Å². The summed E-state index contributed by atoms with van der Waals surface area (Å²) >= 11 is 0. The lowest BCUT2D eigenvalue weighted by Gasteiger charge is -2.08. The van der Waals surface area contributed by atoms with Crippen LogP contribution in [0, 0.1) is 0 Å². The number of esters is 1. The standard InChI is InChI=1S/C15H16N2O4/c1-21-15(20)10-7-4-8-17-12(10)11(14(18)19)16-13(17)9-5-2-3-6-9/h4,7-9H,2-3,5-6H2,1H3,(H,18,19). The summed E-state index contributed by atoms with van der Waals surface area (Å²) < 4.78 is 6.47. The zero-order valence-electron chi connectivity index (χ0n) is 11.7. The van der Waals surface area contributed by atoms with Crippen LogP contribution in [-0.2, 0) is 4.74 Å². The number of aromatic nitrogens is 2. The van der Waals surface area contributed by atoms with E-state index in [2.05, 4.69) is 4.98 Å². The molecule has 1 fully saturated rings. The predicted molar refractivity (Wildman–Crippen MR) is 74.7 cm³/mol. The molecule has 0 aromatic carbocycles. The van der Waals surface area contributed by atoms with Crippen LogP contribution in [0.15, 0.2) is 18.3 Å². The summed E-state index contributed by atoms with van der Waals surface area (Å²) in [7, 11) is 1.28. The van der Waals surface area contributed by atoms with Crippen molar-refractivity contribution in [2.45, 2.75) is 31.6 Å². The molecule has 6 heteroatoms. The molecule has 1 N–H and O–H groups in total. The number of aromatic carboxylic acids is 1. The van der Waals surface area contributed by atoms with E-state index in [1.807, 2.05) is 0 Å². The number of carboxylic acids is 1. The smallest absolute Gasteiger partial charge is 0.356 e.